The molecule has 25 heavy (non-hydrogen) atoms. The topological polar surface area (TPSA) is 75.4 Å². The van der Waals surface area contributed by atoms with Gasteiger partial charge in [0.25, 0.3) is 0 Å². The number of halogens is 1. The molecule has 1 saturated heterocycles. The second-order valence-corrected chi connectivity index (χ2v) is 6.18. The van der Waals surface area contributed by atoms with E-state index < -0.39 is 23.8 Å². The minimum absolute atomic E-state index is 0.229. The Kier molecular flexibility index (Phi) is 4.81. The van der Waals surface area contributed by atoms with Crippen LogP contribution in [0.25, 0.3) is 0 Å². The van der Waals surface area contributed by atoms with Crippen molar-refractivity contribution in [2.75, 3.05) is 11.4 Å². The van der Waals surface area contributed by atoms with Gasteiger partial charge in [-0.2, -0.15) is 0 Å². The summed E-state index contributed by atoms with van der Waals surface area (Å²) in [5, 5.41) is 2.68. The number of hydrogen-bond acceptors (Lipinski definition) is 3. The summed E-state index contributed by atoms with van der Waals surface area (Å²) in [6.45, 7) is 2.30. The Morgan fingerprint density at radius 2 is 1.92 bits per heavy atom. The van der Waals surface area contributed by atoms with Gasteiger partial charge in [0.1, 0.15) is 17.9 Å². The molecule has 1 aliphatic heterocycles. The molecule has 2 aromatic carbocycles. The molecule has 1 aliphatic rings. The van der Waals surface area contributed by atoms with E-state index in [1.807, 2.05) is 19.1 Å². The number of benzene rings is 2. The number of para-hydroxylation sites is 1. The number of nitrogens with zero attached hydrogens (tertiary/aromatic N) is 1. The molecule has 3 rings (SSSR count). The van der Waals surface area contributed by atoms with Crippen molar-refractivity contribution in [2.24, 2.45) is 5.73 Å². The summed E-state index contributed by atoms with van der Waals surface area (Å²) >= 11 is 0. The molecule has 5 nitrogen and oxygen atoms in total. The minimum Gasteiger partial charge on any atom is -0.343 e. The molecule has 0 bridgehead atoms. The highest BCUT2D eigenvalue weighted by molar-refractivity contribution is 6.01. The van der Waals surface area contributed by atoms with Crippen molar-refractivity contribution in [2.45, 2.75) is 25.4 Å². The van der Waals surface area contributed by atoms with Crippen molar-refractivity contribution in [1.29, 1.82) is 0 Å². The molecular weight excluding hydrogens is 321 g/mol. The number of nitrogens with one attached hydrogen (secondary N) is 1. The average Bonchev–Trinajstić information content (AvgIpc) is 2.96. The van der Waals surface area contributed by atoms with Gasteiger partial charge in [-0.1, -0.05) is 42.0 Å². The number of carbonyl (C=O) groups excluding carboxylic acids is 2. The molecule has 2 aromatic rings. The van der Waals surface area contributed by atoms with Crippen LogP contribution in [0.1, 0.15) is 23.6 Å². The fourth-order valence-electron chi connectivity index (χ4n) is 2.91. The van der Waals surface area contributed by atoms with Gasteiger partial charge >= 0.3 is 0 Å². The standard InChI is InChI=1S/C19H20FN3O2/c1-12-6-8-13(9-7-12)17(21)18(24)22-15-10-11-23(19(15)25)16-5-3-2-4-14(16)20/h2-9,15,17H,10-11,21H2,1H3,(H,22,24). The minimum atomic E-state index is -0.851. The largest absolute Gasteiger partial charge is 0.343 e. The van der Waals surface area contributed by atoms with Gasteiger partial charge in [0.2, 0.25) is 11.8 Å². The Bertz CT molecular complexity index is 792. The molecule has 6 heteroatoms. The van der Waals surface area contributed by atoms with Gasteiger partial charge in [0.15, 0.2) is 0 Å². The van der Waals surface area contributed by atoms with Gasteiger partial charge in [-0.3, -0.25) is 9.59 Å². The highest BCUT2D eigenvalue weighted by atomic mass is 19.1. The number of nitrogens with two attached hydrogens (primary N) is 1. The first-order chi connectivity index (χ1) is 12.0. The lowest BCUT2D eigenvalue weighted by Crippen LogP contribution is -2.45. The van der Waals surface area contributed by atoms with Crippen LogP contribution in [0.5, 0.6) is 0 Å². The summed E-state index contributed by atoms with van der Waals surface area (Å²) in [6, 6.07) is 11.9. The Labute approximate surface area is 145 Å². The Morgan fingerprint density at radius 1 is 1.24 bits per heavy atom. The van der Waals surface area contributed by atoms with Crippen molar-refractivity contribution in [3.8, 4) is 0 Å². The lowest BCUT2D eigenvalue weighted by atomic mass is 10.0. The van der Waals surface area contributed by atoms with E-state index in [0.717, 1.165) is 5.56 Å². The highest BCUT2D eigenvalue weighted by Gasteiger charge is 2.35. The number of carbonyl (C=O) groups is 2. The van der Waals surface area contributed by atoms with E-state index in [0.29, 0.717) is 18.5 Å². The van der Waals surface area contributed by atoms with Crippen LogP contribution in [-0.4, -0.2) is 24.4 Å². The zero-order valence-electron chi connectivity index (χ0n) is 13.9. The fraction of sp³-hybridized carbons (Fsp3) is 0.263. The second kappa shape index (κ2) is 7.03. The molecule has 130 valence electrons. The van der Waals surface area contributed by atoms with Gasteiger partial charge in [-0.05, 0) is 31.0 Å². The molecule has 3 N–H and O–H groups in total. The summed E-state index contributed by atoms with van der Waals surface area (Å²) in [4.78, 5) is 26.2. The first-order valence-corrected chi connectivity index (χ1v) is 8.16. The Morgan fingerprint density at radius 3 is 2.60 bits per heavy atom. The van der Waals surface area contributed by atoms with Crippen molar-refractivity contribution in [1.82, 2.24) is 5.32 Å². The molecule has 0 saturated carbocycles. The van der Waals surface area contributed by atoms with Gasteiger partial charge in [-0.25, -0.2) is 4.39 Å². The third-order valence-corrected chi connectivity index (χ3v) is 4.38. The van der Waals surface area contributed by atoms with Gasteiger partial charge in [-0.15, -0.1) is 0 Å². The summed E-state index contributed by atoms with van der Waals surface area (Å²) < 4.78 is 13.9. The van der Waals surface area contributed by atoms with Crippen LogP contribution in [-0.2, 0) is 9.59 Å². The fourth-order valence-corrected chi connectivity index (χ4v) is 2.91. The molecule has 1 fully saturated rings. The monoisotopic (exact) mass is 341 g/mol. The molecule has 1 heterocycles. The predicted molar refractivity (Wildman–Crippen MR) is 93.4 cm³/mol. The van der Waals surface area contributed by atoms with Crippen LogP contribution in [0.2, 0.25) is 0 Å². The average molecular weight is 341 g/mol. The predicted octanol–water partition coefficient (Wildman–Crippen LogP) is 2.06. The van der Waals surface area contributed by atoms with Crippen molar-refractivity contribution in [3.63, 3.8) is 0 Å². The molecule has 0 aliphatic carbocycles. The highest BCUT2D eigenvalue weighted by Crippen LogP contribution is 2.24. The maximum absolute atomic E-state index is 13.9. The smallest absolute Gasteiger partial charge is 0.249 e. The van der Waals surface area contributed by atoms with E-state index in [1.54, 1.807) is 30.3 Å². The van der Waals surface area contributed by atoms with E-state index in [-0.39, 0.29) is 11.6 Å². The molecule has 0 spiro atoms. The van der Waals surface area contributed by atoms with Crippen LogP contribution in [0.4, 0.5) is 10.1 Å². The van der Waals surface area contributed by atoms with Crippen LogP contribution in [0, 0.1) is 12.7 Å². The molecule has 2 unspecified atom stereocenters. The molecular formula is C19H20FN3O2. The van der Waals surface area contributed by atoms with Crippen molar-refractivity contribution < 1.29 is 14.0 Å². The molecule has 2 atom stereocenters. The number of hydrogen-bond donors (Lipinski definition) is 2. The second-order valence-electron chi connectivity index (χ2n) is 6.18. The maximum Gasteiger partial charge on any atom is 0.249 e. The molecule has 2 amide bonds. The Balaban J connectivity index is 1.67. The van der Waals surface area contributed by atoms with E-state index in [2.05, 4.69) is 5.32 Å². The third-order valence-electron chi connectivity index (χ3n) is 4.38. The summed E-state index contributed by atoms with van der Waals surface area (Å²) in [7, 11) is 0. The van der Waals surface area contributed by atoms with Gasteiger partial charge in [0, 0.05) is 6.54 Å². The van der Waals surface area contributed by atoms with Crippen LogP contribution < -0.4 is 16.0 Å². The number of anilines is 1. The zero-order valence-corrected chi connectivity index (χ0v) is 13.9. The zero-order chi connectivity index (χ0) is 18.0. The van der Waals surface area contributed by atoms with E-state index >= 15 is 0 Å². The van der Waals surface area contributed by atoms with Crippen molar-refractivity contribution >= 4 is 17.5 Å². The SMILES string of the molecule is Cc1ccc(C(N)C(=O)NC2CCN(c3ccccc3F)C2=O)cc1. The first-order valence-electron chi connectivity index (χ1n) is 8.16. The van der Waals surface area contributed by atoms with E-state index in [4.69, 9.17) is 5.73 Å². The van der Waals surface area contributed by atoms with Gasteiger partial charge in [0.05, 0.1) is 5.69 Å². The molecule has 0 aromatic heterocycles. The van der Waals surface area contributed by atoms with E-state index in [1.165, 1.54) is 11.0 Å². The van der Waals surface area contributed by atoms with E-state index in [9.17, 15) is 14.0 Å². The third kappa shape index (κ3) is 3.53. The van der Waals surface area contributed by atoms with Crippen LogP contribution in [0.3, 0.4) is 0 Å². The summed E-state index contributed by atoms with van der Waals surface area (Å²) in [5.41, 5.74) is 7.97. The number of amides is 2. The van der Waals surface area contributed by atoms with Crippen molar-refractivity contribution in [3.05, 3.63) is 65.5 Å². The quantitative estimate of drug-likeness (QED) is 0.894. The normalized spacial score (nSPS) is 18.3. The van der Waals surface area contributed by atoms with Gasteiger partial charge < -0.3 is 16.0 Å². The summed E-state index contributed by atoms with van der Waals surface area (Å²) in [5.74, 6) is -1.20. The lowest BCUT2D eigenvalue weighted by Gasteiger charge is -2.19. The lowest BCUT2D eigenvalue weighted by molar-refractivity contribution is -0.127. The number of rotatable bonds is 4. The Hall–Kier alpha value is -2.73. The number of aryl methyl sites for hydroxylation is 1. The first kappa shape index (κ1) is 17.1. The summed E-state index contributed by atoms with van der Waals surface area (Å²) in [6.07, 6.45) is 0.416. The van der Waals surface area contributed by atoms with Crippen LogP contribution >= 0.6 is 0 Å². The molecule has 0 radical (unpaired) electrons. The maximum atomic E-state index is 13.9. The van der Waals surface area contributed by atoms with Crippen LogP contribution in [0.15, 0.2) is 48.5 Å².